The second-order valence-electron chi connectivity index (χ2n) is 7.20. The molecule has 0 aromatic rings. The monoisotopic (exact) mass is 346 g/mol. The highest BCUT2D eigenvalue weighted by molar-refractivity contribution is 5.91. The van der Waals surface area contributed by atoms with Crippen molar-refractivity contribution in [3.63, 3.8) is 0 Å². The quantitative estimate of drug-likeness (QED) is 0.338. The van der Waals surface area contributed by atoms with Crippen molar-refractivity contribution in [3.8, 4) is 0 Å². The first-order chi connectivity index (χ1) is 11.8. The number of carbonyl (C=O) groups is 3. The van der Waals surface area contributed by atoms with Crippen LogP contribution in [0.4, 0.5) is 0 Å². The number of aldehydes is 1. The number of ether oxygens (including phenoxy) is 2. The molecule has 3 atom stereocenters. The topological polar surface area (TPSA) is 69.7 Å². The molecule has 1 aliphatic heterocycles. The van der Waals surface area contributed by atoms with Crippen molar-refractivity contribution in [1.82, 2.24) is 0 Å². The van der Waals surface area contributed by atoms with E-state index in [0.29, 0.717) is 11.1 Å². The molecule has 1 aliphatic carbocycles. The average Bonchev–Trinajstić information content (AvgIpc) is 2.78. The molecule has 25 heavy (non-hydrogen) atoms. The van der Waals surface area contributed by atoms with Crippen molar-refractivity contribution < 1.29 is 23.9 Å². The molecule has 1 heterocycles. The molecule has 2 aliphatic rings. The maximum atomic E-state index is 12.2. The number of carbonyl (C=O) groups excluding carboxylic acids is 3. The van der Waals surface area contributed by atoms with Gasteiger partial charge in [0.2, 0.25) is 0 Å². The lowest BCUT2D eigenvalue weighted by atomic mass is 9.85. The highest BCUT2D eigenvalue weighted by Gasteiger charge is 2.44. The number of allylic oxidation sites excluding steroid dienone is 2. The lowest BCUT2D eigenvalue weighted by Gasteiger charge is -2.27. The Hall–Kier alpha value is -2.17. The number of hydrogen-bond acceptors (Lipinski definition) is 5. The third-order valence-electron chi connectivity index (χ3n) is 4.50. The summed E-state index contributed by atoms with van der Waals surface area (Å²) in [6.07, 6.45) is 5.45. The van der Waals surface area contributed by atoms with Gasteiger partial charge in [-0.2, -0.15) is 0 Å². The molecule has 1 fully saturated rings. The zero-order chi connectivity index (χ0) is 18.6. The van der Waals surface area contributed by atoms with Crippen LogP contribution in [0, 0.1) is 11.8 Å². The minimum atomic E-state index is -0.645. The molecule has 136 valence electrons. The van der Waals surface area contributed by atoms with E-state index in [4.69, 9.17) is 9.47 Å². The van der Waals surface area contributed by atoms with Crippen LogP contribution >= 0.6 is 0 Å². The summed E-state index contributed by atoms with van der Waals surface area (Å²) in [6, 6.07) is 0. The molecule has 0 spiro atoms. The van der Waals surface area contributed by atoms with E-state index in [1.165, 1.54) is 0 Å². The van der Waals surface area contributed by atoms with E-state index in [-0.39, 0.29) is 24.7 Å². The molecule has 0 radical (unpaired) electrons. The van der Waals surface area contributed by atoms with Gasteiger partial charge in [-0.15, -0.1) is 0 Å². The highest BCUT2D eigenvalue weighted by atomic mass is 16.6. The van der Waals surface area contributed by atoms with E-state index in [0.717, 1.165) is 24.7 Å². The maximum absolute atomic E-state index is 12.2. The molecule has 1 saturated heterocycles. The highest BCUT2D eigenvalue weighted by Crippen LogP contribution is 2.36. The zero-order valence-corrected chi connectivity index (χ0v) is 15.1. The minimum Gasteiger partial charge on any atom is -0.461 e. The lowest BCUT2D eigenvalue weighted by Crippen LogP contribution is -2.34. The van der Waals surface area contributed by atoms with Crippen LogP contribution in [0.2, 0.25) is 0 Å². The molecular formula is C20H26O5. The van der Waals surface area contributed by atoms with Crippen LogP contribution in [0.3, 0.4) is 0 Å². The number of fused-ring (bicyclic) bond motifs is 1. The SMILES string of the molecule is C=C1C(=O)OC2C=C(C)CCC=C(C=O)CC(OC(=O)CC(C)C)C12. The van der Waals surface area contributed by atoms with Gasteiger partial charge in [0.15, 0.2) is 0 Å². The predicted octanol–water partition coefficient (Wildman–Crippen LogP) is 3.30. The largest absolute Gasteiger partial charge is 0.461 e. The first-order valence-electron chi connectivity index (χ1n) is 8.72. The van der Waals surface area contributed by atoms with Gasteiger partial charge in [-0.05, 0) is 37.3 Å². The van der Waals surface area contributed by atoms with E-state index < -0.39 is 24.1 Å². The first-order valence-corrected chi connectivity index (χ1v) is 8.72. The fourth-order valence-electron chi connectivity index (χ4n) is 3.23. The molecule has 2 rings (SSSR count). The Balaban J connectivity index is 2.35. The normalized spacial score (nSPS) is 27.1. The van der Waals surface area contributed by atoms with E-state index in [1.807, 2.05) is 32.9 Å². The van der Waals surface area contributed by atoms with Gasteiger partial charge in [0.05, 0.1) is 5.92 Å². The fourth-order valence-corrected chi connectivity index (χ4v) is 3.23. The molecule has 0 saturated carbocycles. The van der Waals surface area contributed by atoms with Gasteiger partial charge < -0.3 is 9.47 Å². The van der Waals surface area contributed by atoms with Crippen molar-refractivity contribution in [2.45, 2.75) is 58.7 Å². The second-order valence-corrected chi connectivity index (χ2v) is 7.20. The van der Waals surface area contributed by atoms with E-state index in [2.05, 4.69) is 6.58 Å². The van der Waals surface area contributed by atoms with Crippen LogP contribution in [0.1, 0.15) is 46.5 Å². The Kier molecular flexibility index (Phi) is 6.34. The lowest BCUT2D eigenvalue weighted by molar-refractivity contribution is -0.153. The van der Waals surface area contributed by atoms with Crippen molar-refractivity contribution in [3.05, 3.63) is 35.5 Å². The van der Waals surface area contributed by atoms with Crippen LogP contribution < -0.4 is 0 Å². The third-order valence-corrected chi connectivity index (χ3v) is 4.50. The van der Waals surface area contributed by atoms with Crippen LogP contribution in [0.5, 0.6) is 0 Å². The van der Waals surface area contributed by atoms with Gasteiger partial charge in [-0.3, -0.25) is 9.59 Å². The van der Waals surface area contributed by atoms with Crippen molar-refractivity contribution in [2.24, 2.45) is 11.8 Å². The fraction of sp³-hybridized carbons (Fsp3) is 0.550. The van der Waals surface area contributed by atoms with Crippen LogP contribution in [-0.2, 0) is 23.9 Å². The van der Waals surface area contributed by atoms with Crippen molar-refractivity contribution >= 4 is 18.2 Å². The van der Waals surface area contributed by atoms with Gasteiger partial charge in [0.25, 0.3) is 0 Å². The molecular weight excluding hydrogens is 320 g/mol. The maximum Gasteiger partial charge on any atom is 0.334 e. The van der Waals surface area contributed by atoms with Crippen LogP contribution in [-0.4, -0.2) is 30.4 Å². The number of hydrogen-bond donors (Lipinski definition) is 0. The summed E-state index contributed by atoms with van der Waals surface area (Å²) in [5, 5.41) is 0. The van der Waals surface area contributed by atoms with Gasteiger partial charge in [-0.25, -0.2) is 4.79 Å². The van der Waals surface area contributed by atoms with Crippen LogP contribution in [0.25, 0.3) is 0 Å². The van der Waals surface area contributed by atoms with Gasteiger partial charge >= 0.3 is 11.9 Å². The van der Waals surface area contributed by atoms with Gasteiger partial charge in [-0.1, -0.05) is 32.1 Å². The summed E-state index contributed by atoms with van der Waals surface area (Å²) in [5.41, 5.74) is 1.93. The van der Waals surface area contributed by atoms with Gasteiger partial charge in [0, 0.05) is 18.4 Å². The molecule has 5 nitrogen and oxygen atoms in total. The molecule has 0 amide bonds. The Bertz CT molecular complexity index is 626. The van der Waals surface area contributed by atoms with Gasteiger partial charge in [0.1, 0.15) is 18.5 Å². The molecule has 5 heteroatoms. The summed E-state index contributed by atoms with van der Waals surface area (Å²) >= 11 is 0. The van der Waals surface area contributed by atoms with E-state index in [9.17, 15) is 14.4 Å². The Morgan fingerprint density at radius 1 is 1.48 bits per heavy atom. The summed E-state index contributed by atoms with van der Waals surface area (Å²) in [4.78, 5) is 35.6. The summed E-state index contributed by atoms with van der Waals surface area (Å²) in [7, 11) is 0. The minimum absolute atomic E-state index is 0.163. The molecule has 0 aromatic carbocycles. The second kappa shape index (κ2) is 8.28. The summed E-state index contributed by atoms with van der Waals surface area (Å²) in [5.74, 6) is -1.12. The van der Waals surface area contributed by atoms with Crippen LogP contribution in [0.15, 0.2) is 35.5 Å². The van der Waals surface area contributed by atoms with E-state index in [1.54, 1.807) is 0 Å². The third kappa shape index (κ3) is 4.91. The Morgan fingerprint density at radius 3 is 2.84 bits per heavy atom. The Morgan fingerprint density at radius 2 is 2.20 bits per heavy atom. The number of esters is 2. The molecule has 0 aromatic heterocycles. The number of rotatable bonds is 4. The molecule has 0 bridgehead atoms. The smallest absolute Gasteiger partial charge is 0.334 e. The Labute approximate surface area is 148 Å². The molecule has 3 unspecified atom stereocenters. The zero-order valence-electron chi connectivity index (χ0n) is 15.1. The van der Waals surface area contributed by atoms with E-state index >= 15 is 0 Å². The predicted molar refractivity (Wildman–Crippen MR) is 93.6 cm³/mol. The average molecular weight is 346 g/mol. The van der Waals surface area contributed by atoms with Crippen molar-refractivity contribution in [2.75, 3.05) is 0 Å². The standard InChI is InChI=1S/C20H26O5/c1-12(2)8-18(22)24-17-10-15(11-21)7-5-6-13(3)9-16-19(17)14(4)20(23)25-16/h7,9,11-12,16-17,19H,4-6,8,10H2,1-3H3. The molecule has 0 N–H and O–H groups in total. The van der Waals surface area contributed by atoms with Crippen molar-refractivity contribution in [1.29, 1.82) is 0 Å². The first kappa shape index (κ1) is 19.2. The summed E-state index contributed by atoms with van der Waals surface area (Å²) < 4.78 is 11.1. The summed E-state index contributed by atoms with van der Waals surface area (Å²) in [6.45, 7) is 9.66.